The average Bonchev–Trinajstić information content (AvgIpc) is 3.15. The molecule has 1 atom stereocenters. The van der Waals surface area contributed by atoms with Gasteiger partial charge in [-0.3, -0.25) is 9.59 Å². The largest absolute Gasteiger partial charge is 0.496 e. The van der Waals surface area contributed by atoms with Crippen LogP contribution in [0.5, 0.6) is 11.5 Å². The molecule has 0 saturated carbocycles. The summed E-state index contributed by atoms with van der Waals surface area (Å²) in [6, 6.07) is 24.5. The number of methoxy groups -OCH3 is 2. The van der Waals surface area contributed by atoms with E-state index < -0.39 is 29.4 Å². The maximum Gasteiger partial charge on any atom is 0.416 e. The van der Waals surface area contributed by atoms with Gasteiger partial charge in [0.25, 0.3) is 0 Å². The Morgan fingerprint density at radius 3 is 1.50 bits per heavy atom. The molecular weight excluding hydrogens is 759 g/mol. The minimum Gasteiger partial charge on any atom is -0.496 e. The summed E-state index contributed by atoms with van der Waals surface area (Å²) in [5.74, 6) is -0.334. The Hall–Kier alpha value is -5.26. The van der Waals surface area contributed by atoms with Crippen molar-refractivity contribution in [1.29, 1.82) is 0 Å². The number of alkyl halides is 6. The summed E-state index contributed by atoms with van der Waals surface area (Å²) in [5.41, 5.74) is 0.795. The lowest BCUT2D eigenvalue weighted by Crippen LogP contribution is -2.42. The van der Waals surface area contributed by atoms with Crippen LogP contribution in [0.2, 0.25) is 0 Å². The number of hydrogen-bond acceptors (Lipinski definition) is 4. The van der Waals surface area contributed by atoms with Crippen LogP contribution < -0.4 is 9.47 Å². The van der Waals surface area contributed by atoms with Crippen molar-refractivity contribution in [2.24, 2.45) is 0 Å². The Balaban J connectivity index is 0.000000310. The van der Waals surface area contributed by atoms with Gasteiger partial charge in [0.15, 0.2) is 0 Å². The molecule has 0 N–H and O–H groups in total. The van der Waals surface area contributed by atoms with Crippen LogP contribution in [0.25, 0.3) is 5.57 Å². The molecule has 6 nitrogen and oxygen atoms in total. The van der Waals surface area contributed by atoms with Gasteiger partial charge in [0.05, 0.1) is 25.3 Å². The first kappa shape index (κ1) is 47.1. The van der Waals surface area contributed by atoms with E-state index in [-0.39, 0.29) is 53.7 Å². The average molecular weight is 813 g/mol. The molecule has 0 bridgehead atoms. The van der Waals surface area contributed by atoms with Crippen LogP contribution in [0.3, 0.4) is 0 Å². The molecule has 2 amide bonds. The molecule has 0 aliphatic heterocycles. The Labute approximate surface area is 338 Å². The van der Waals surface area contributed by atoms with E-state index in [0.717, 1.165) is 29.8 Å². The molecule has 4 rings (SSSR count). The van der Waals surface area contributed by atoms with Gasteiger partial charge in [0, 0.05) is 53.7 Å². The molecule has 0 aromatic heterocycles. The number of hydrogen-bond donors (Lipinski definition) is 0. The van der Waals surface area contributed by atoms with E-state index in [1.165, 1.54) is 32.4 Å². The number of ether oxygens (including phenoxy) is 2. The van der Waals surface area contributed by atoms with Gasteiger partial charge in [-0.2, -0.15) is 26.3 Å². The fraction of sp³-hybridized carbons (Fsp3) is 0.391. The number of halogens is 6. The highest BCUT2D eigenvalue weighted by atomic mass is 19.4. The van der Waals surface area contributed by atoms with Crippen molar-refractivity contribution in [3.8, 4) is 11.5 Å². The molecule has 58 heavy (non-hydrogen) atoms. The third kappa shape index (κ3) is 12.4. The molecule has 0 heterocycles. The van der Waals surface area contributed by atoms with Crippen molar-refractivity contribution in [2.45, 2.75) is 104 Å². The zero-order chi connectivity index (χ0) is 43.5. The van der Waals surface area contributed by atoms with Crippen LogP contribution in [0.4, 0.5) is 26.3 Å². The van der Waals surface area contributed by atoms with Gasteiger partial charge in [-0.25, -0.2) is 0 Å². The van der Waals surface area contributed by atoms with Crippen molar-refractivity contribution in [1.82, 2.24) is 9.80 Å². The van der Waals surface area contributed by atoms with Crippen LogP contribution in [-0.2, 0) is 21.9 Å². The summed E-state index contributed by atoms with van der Waals surface area (Å²) in [6.07, 6.45) is -7.53. The maximum absolute atomic E-state index is 13.4. The first-order valence-corrected chi connectivity index (χ1v) is 19.1. The molecule has 0 aliphatic rings. The highest BCUT2D eigenvalue weighted by molar-refractivity contribution is 6.00. The first-order chi connectivity index (χ1) is 27.1. The molecule has 12 heteroatoms. The van der Waals surface area contributed by atoms with Gasteiger partial charge in [0.2, 0.25) is 11.8 Å². The minimum atomic E-state index is -4.51. The van der Waals surface area contributed by atoms with Crippen LogP contribution in [0, 0.1) is 0 Å². The van der Waals surface area contributed by atoms with E-state index in [2.05, 4.69) is 0 Å². The van der Waals surface area contributed by atoms with E-state index >= 15 is 0 Å². The van der Waals surface area contributed by atoms with Crippen LogP contribution in [-0.4, -0.2) is 60.0 Å². The summed E-state index contributed by atoms with van der Waals surface area (Å²) >= 11 is 0. The molecule has 0 saturated heterocycles. The fourth-order valence-electron chi connectivity index (χ4n) is 7.06. The Morgan fingerprint density at radius 2 is 1.05 bits per heavy atom. The van der Waals surface area contributed by atoms with E-state index in [9.17, 15) is 35.9 Å². The van der Waals surface area contributed by atoms with E-state index in [1.54, 1.807) is 40.1 Å². The summed E-state index contributed by atoms with van der Waals surface area (Å²) in [4.78, 5) is 29.6. The molecule has 0 spiro atoms. The number of nitrogens with zero attached hydrogens (tertiary/aromatic N) is 2. The van der Waals surface area contributed by atoms with Gasteiger partial charge in [0.1, 0.15) is 11.5 Å². The van der Waals surface area contributed by atoms with Gasteiger partial charge in [-0.05, 0) is 108 Å². The lowest BCUT2D eigenvalue weighted by Gasteiger charge is -2.32. The van der Waals surface area contributed by atoms with Gasteiger partial charge < -0.3 is 19.3 Å². The number of carbonyl (C=O) groups excluding carboxylic acids is 2. The zero-order valence-electron chi connectivity index (χ0n) is 34.7. The van der Waals surface area contributed by atoms with E-state index in [1.807, 2.05) is 85.7 Å². The summed E-state index contributed by atoms with van der Waals surface area (Å²) in [5, 5.41) is 0. The normalized spacial score (nSPS) is 12.7. The van der Waals surface area contributed by atoms with E-state index in [0.29, 0.717) is 22.4 Å². The number of rotatable bonds is 13. The minimum absolute atomic E-state index is 0.0117. The second kappa shape index (κ2) is 20.4. The summed E-state index contributed by atoms with van der Waals surface area (Å²) in [7, 11) is 2.82. The SMILES string of the molecule is COc1ccc(C(F)(F)F)cc1C(=CC(=O)N(C(C)C)C(C)C)c1ccccc1.COc1ccc(C(F)(F)F)cc1C(CC(=O)N(C(C)C)C(C)C)c1ccccc1. The standard InChI is InChI=1S/C23H28F3NO2.C23H26F3NO2/c2*1-15(2)27(16(3)4)22(28)14-19(17-9-7-6-8-10-17)20-13-18(23(24,25)26)11-12-21(20)29-5/h6-13,15-16,19H,14H2,1-5H3;6-16H,1-5H3. The Morgan fingerprint density at radius 1 is 0.603 bits per heavy atom. The molecule has 4 aromatic carbocycles. The number of amides is 2. The highest BCUT2D eigenvalue weighted by Crippen LogP contribution is 2.40. The third-order valence-corrected chi connectivity index (χ3v) is 9.45. The van der Waals surface area contributed by atoms with Crippen LogP contribution >= 0.6 is 0 Å². The Bertz CT molecular complexity index is 1960. The Kier molecular flexibility index (Phi) is 16.6. The lowest BCUT2D eigenvalue weighted by atomic mass is 9.86. The number of carbonyl (C=O) groups is 2. The van der Waals surface area contributed by atoms with E-state index in [4.69, 9.17) is 9.47 Å². The molecular formula is C46H54F6N2O4. The topological polar surface area (TPSA) is 59.1 Å². The smallest absolute Gasteiger partial charge is 0.416 e. The molecule has 1 unspecified atom stereocenters. The predicted molar refractivity (Wildman–Crippen MR) is 217 cm³/mol. The van der Waals surface area contributed by atoms with Crippen molar-refractivity contribution in [2.75, 3.05) is 14.2 Å². The number of benzene rings is 4. The van der Waals surface area contributed by atoms with Gasteiger partial charge in [-0.15, -0.1) is 0 Å². The van der Waals surface area contributed by atoms with Crippen LogP contribution in [0.1, 0.15) is 101 Å². The molecule has 4 aromatic rings. The molecule has 0 radical (unpaired) electrons. The predicted octanol–water partition coefficient (Wildman–Crippen LogP) is 11.7. The molecule has 0 fully saturated rings. The van der Waals surface area contributed by atoms with Gasteiger partial charge >= 0.3 is 12.4 Å². The zero-order valence-corrected chi connectivity index (χ0v) is 34.7. The van der Waals surface area contributed by atoms with Crippen LogP contribution in [0.15, 0.2) is 103 Å². The highest BCUT2D eigenvalue weighted by Gasteiger charge is 2.34. The monoisotopic (exact) mass is 812 g/mol. The quantitative estimate of drug-likeness (QED) is 0.0997. The third-order valence-electron chi connectivity index (χ3n) is 9.45. The second-order valence-corrected chi connectivity index (χ2v) is 14.9. The van der Waals surface area contributed by atoms with Gasteiger partial charge in [-0.1, -0.05) is 60.7 Å². The van der Waals surface area contributed by atoms with Crippen molar-refractivity contribution < 1.29 is 45.4 Å². The summed E-state index contributed by atoms with van der Waals surface area (Å²) < 4.78 is 90.8. The maximum atomic E-state index is 13.4. The van der Waals surface area contributed by atoms with Crippen molar-refractivity contribution in [3.05, 3.63) is 137 Å². The summed E-state index contributed by atoms with van der Waals surface area (Å²) in [6.45, 7) is 15.3. The fourth-order valence-corrected chi connectivity index (χ4v) is 7.06. The lowest BCUT2D eigenvalue weighted by molar-refractivity contribution is -0.138. The first-order valence-electron chi connectivity index (χ1n) is 19.1. The second-order valence-electron chi connectivity index (χ2n) is 14.9. The molecule has 314 valence electrons. The molecule has 0 aliphatic carbocycles. The van der Waals surface area contributed by atoms with Crippen molar-refractivity contribution >= 4 is 17.4 Å². The van der Waals surface area contributed by atoms with Crippen molar-refractivity contribution in [3.63, 3.8) is 0 Å².